The van der Waals surface area contributed by atoms with Crippen LogP contribution in [0.4, 0.5) is 11.8 Å². The van der Waals surface area contributed by atoms with E-state index in [1.807, 2.05) is 30.3 Å². The van der Waals surface area contributed by atoms with Crippen LogP contribution in [0.3, 0.4) is 0 Å². The molecule has 0 fully saturated rings. The molecule has 1 aromatic carbocycles. The summed E-state index contributed by atoms with van der Waals surface area (Å²) in [6.45, 7) is 4.95. The van der Waals surface area contributed by atoms with Gasteiger partial charge in [-0.2, -0.15) is 4.98 Å². The van der Waals surface area contributed by atoms with Gasteiger partial charge in [0.25, 0.3) is 0 Å². The molecule has 1 unspecified atom stereocenters. The van der Waals surface area contributed by atoms with Crippen molar-refractivity contribution in [2.45, 2.75) is 32.9 Å². The number of hydrogen-bond acceptors (Lipinski definition) is 5. The summed E-state index contributed by atoms with van der Waals surface area (Å²) >= 11 is 0. The summed E-state index contributed by atoms with van der Waals surface area (Å²) in [6.07, 6.45) is 2.79. The number of rotatable bonds is 7. The molecule has 1 atom stereocenters. The number of benzene rings is 1. The molecule has 2 aromatic rings. The normalized spacial score (nSPS) is 11.8. The van der Waals surface area contributed by atoms with Crippen molar-refractivity contribution in [2.75, 3.05) is 17.7 Å². The lowest BCUT2D eigenvalue weighted by Gasteiger charge is -2.12. The Hall–Kier alpha value is -2.30. The summed E-state index contributed by atoms with van der Waals surface area (Å²) in [5.41, 5.74) is 1.17. The highest BCUT2D eigenvalue weighted by Crippen LogP contribution is 2.13. The minimum Gasteiger partial charge on any atom is -0.497 e. The fraction of sp³-hybridized carbons (Fsp3) is 0.375. The maximum absolute atomic E-state index is 5.15. The third kappa shape index (κ3) is 4.63. The van der Waals surface area contributed by atoms with Gasteiger partial charge in [-0.05, 0) is 37.1 Å². The molecule has 0 aliphatic carbocycles. The number of nitrogens with one attached hydrogen (secondary N) is 2. The largest absolute Gasteiger partial charge is 0.497 e. The predicted octanol–water partition coefficient (Wildman–Crippen LogP) is 3.31. The molecule has 5 nitrogen and oxygen atoms in total. The van der Waals surface area contributed by atoms with Crippen molar-refractivity contribution in [3.05, 3.63) is 42.1 Å². The van der Waals surface area contributed by atoms with Crippen molar-refractivity contribution in [3.63, 3.8) is 0 Å². The van der Waals surface area contributed by atoms with E-state index in [-0.39, 0.29) is 0 Å². The average Bonchev–Trinajstić information content (AvgIpc) is 2.53. The lowest BCUT2D eigenvalue weighted by Crippen LogP contribution is -2.16. The number of ether oxygens (including phenoxy) is 1. The molecule has 112 valence electrons. The molecule has 1 aromatic heterocycles. The molecule has 0 aliphatic rings. The highest BCUT2D eigenvalue weighted by Gasteiger charge is 2.03. The number of nitrogens with zero attached hydrogens (tertiary/aromatic N) is 2. The molecule has 0 radical (unpaired) electrons. The van der Waals surface area contributed by atoms with E-state index in [1.165, 1.54) is 5.56 Å². The van der Waals surface area contributed by atoms with Crippen LogP contribution in [0.15, 0.2) is 36.5 Å². The van der Waals surface area contributed by atoms with E-state index < -0.39 is 0 Å². The summed E-state index contributed by atoms with van der Waals surface area (Å²) < 4.78 is 5.15. The second-order valence-electron chi connectivity index (χ2n) is 4.92. The Morgan fingerprint density at radius 3 is 2.62 bits per heavy atom. The third-order valence-electron chi connectivity index (χ3n) is 3.28. The van der Waals surface area contributed by atoms with Crippen molar-refractivity contribution < 1.29 is 4.74 Å². The van der Waals surface area contributed by atoms with E-state index in [2.05, 4.69) is 34.4 Å². The zero-order valence-electron chi connectivity index (χ0n) is 12.8. The molecule has 21 heavy (non-hydrogen) atoms. The minimum atomic E-state index is 0.363. The van der Waals surface area contributed by atoms with Gasteiger partial charge in [-0.25, -0.2) is 4.98 Å². The van der Waals surface area contributed by atoms with E-state index >= 15 is 0 Å². The molecule has 0 saturated heterocycles. The minimum absolute atomic E-state index is 0.363. The summed E-state index contributed by atoms with van der Waals surface area (Å²) in [5, 5.41) is 6.56. The van der Waals surface area contributed by atoms with Crippen molar-refractivity contribution >= 4 is 11.8 Å². The van der Waals surface area contributed by atoms with Gasteiger partial charge in [0.1, 0.15) is 11.6 Å². The third-order valence-corrected chi connectivity index (χ3v) is 3.28. The Morgan fingerprint density at radius 1 is 1.19 bits per heavy atom. The van der Waals surface area contributed by atoms with E-state index in [4.69, 9.17) is 4.74 Å². The molecule has 0 amide bonds. The Kier molecular flexibility index (Phi) is 5.37. The van der Waals surface area contributed by atoms with Gasteiger partial charge in [-0.1, -0.05) is 19.1 Å². The Labute approximate surface area is 125 Å². The van der Waals surface area contributed by atoms with Gasteiger partial charge >= 0.3 is 0 Å². The van der Waals surface area contributed by atoms with Crippen LogP contribution in [0.5, 0.6) is 5.75 Å². The van der Waals surface area contributed by atoms with Gasteiger partial charge in [0.15, 0.2) is 0 Å². The second kappa shape index (κ2) is 7.47. The Morgan fingerprint density at radius 2 is 1.95 bits per heavy atom. The van der Waals surface area contributed by atoms with E-state index in [0.29, 0.717) is 18.5 Å². The topological polar surface area (TPSA) is 59.1 Å². The summed E-state index contributed by atoms with van der Waals surface area (Å²) in [6, 6.07) is 10.2. The van der Waals surface area contributed by atoms with Crippen LogP contribution in [0.2, 0.25) is 0 Å². The number of aromatic nitrogens is 2. The molecular weight excluding hydrogens is 264 g/mol. The molecule has 0 bridgehead atoms. The molecule has 5 heteroatoms. The van der Waals surface area contributed by atoms with Crippen molar-refractivity contribution in [1.29, 1.82) is 0 Å². The first kappa shape index (κ1) is 15.1. The first-order chi connectivity index (χ1) is 10.2. The Balaban J connectivity index is 1.94. The molecule has 0 saturated carbocycles. The average molecular weight is 286 g/mol. The maximum Gasteiger partial charge on any atom is 0.224 e. The smallest absolute Gasteiger partial charge is 0.224 e. The molecule has 0 spiro atoms. The Bertz CT molecular complexity index is 556. The van der Waals surface area contributed by atoms with Gasteiger partial charge in [-0.15, -0.1) is 0 Å². The molecular formula is C16H22N4O. The number of methoxy groups -OCH3 is 1. The SMILES string of the molecule is CCC(C)Nc1nccc(NCc2ccc(OC)cc2)n1. The van der Waals surface area contributed by atoms with Crippen LogP contribution in [-0.4, -0.2) is 23.1 Å². The fourth-order valence-corrected chi connectivity index (χ4v) is 1.79. The van der Waals surface area contributed by atoms with Crippen molar-refractivity contribution in [3.8, 4) is 5.75 Å². The first-order valence-electron chi connectivity index (χ1n) is 7.17. The maximum atomic E-state index is 5.15. The van der Waals surface area contributed by atoms with Gasteiger partial charge in [-0.3, -0.25) is 0 Å². The fourth-order valence-electron chi connectivity index (χ4n) is 1.79. The van der Waals surface area contributed by atoms with Crippen LogP contribution in [0.1, 0.15) is 25.8 Å². The summed E-state index contributed by atoms with van der Waals surface area (Å²) in [4.78, 5) is 8.68. The summed E-state index contributed by atoms with van der Waals surface area (Å²) in [7, 11) is 1.67. The first-order valence-corrected chi connectivity index (χ1v) is 7.17. The van der Waals surface area contributed by atoms with E-state index in [0.717, 1.165) is 18.0 Å². The van der Waals surface area contributed by atoms with Crippen LogP contribution < -0.4 is 15.4 Å². The van der Waals surface area contributed by atoms with Gasteiger partial charge in [0.2, 0.25) is 5.95 Å². The summed E-state index contributed by atoms with van der Waals surface area (Å²) in [5.74, 6) is 2.33. The second-order valence-corrected chi connectivity index (χ2v) is 4.92. The quantitative estimate of drug-likeness (QED) is 0.817. The zero-order valence-corrected chi connectivity index (χ0v) is 12.8. The molecule has 0 aliphatic heterocycles. The standard InChI is InChI=1S/C16H22N4O/c1-4-12(2)19-16-17-10-9-15(20-16)18-11-13-5-7-14(21-3)8-6-13/h5-10,12H,4,11H2,1-3H3,(H2,17,18,19,20). The van der Waals surface area contributed by atoms with Crippen molar-refractivity contribution in [1.82, 2.24) is 9.97 Å². The molecule has 2 rings (SSSR count). The monoisotopic (exact) mass is 286 g/mol. The zero-order chi connectivity index (χ0) is 15.1. The van der Waals surface area contributed by atoms with E-state index in [1.54, 1.807) is 13.3 Å². The lowest BCUT2D eigenvalue weighted by molar-refractivity contribution is 0.414. The van der Waals surface area contributed by atoms with Gasteiger partial charge < -0.3 is 15.4 Å². The van der Waals surface area contributed by atoms with Crippen LogP contribution in [0, 0.1) is 0 Å². The lowest BCUT2D eigenvalue weighted by atomic mass is 10.2. The predicted molar refractivity (Wildman–Crippen MR) is 85.7 cm³/mol. The van der Waals surface area contributed by atoms with E-state index in [9.17, 15) is 0 Å². The van der Waals surface area contributed by atoms with Crippen LogP contribution in [0.25, 0.3) is 0 Å². The molecule has 1 heterocycles. The highest BCUT2D eigenvalue weighted by molar-refractivity contribution is 5.41. The van der Waals surface area contributed by atoms with Crippen LogP contribution in [-0.2, 0) is 6.54 Å². The van der Waals surface area contributed by atoms with Gasteiger partial charge in [0.05, 0.1) is 7.11 Å². The highest BCUT2D eigenvalue weighted by atomic mass is 16.5. The number of hydrogen-bond donors (Lipinski definition) is 2. The van der Waals surface area contributed by atoms with Crippen LogP contribution >= 0.6 is 0 Å². The van der Waals surface area contributed by atoms with Crippen molar-refractivity contribution in [2.24, 2.45) is 0 Å². The molecule has 2 N–H and O–H groups in total. The van der Waals surface area contributed by atoms with Gasteiger partial charge in [0, 0.05) is 18.8 Å². The number of anilines is 2.